The zero-order chi connectivity index (χ0) is 12.3. The molecule has 0 radical (unpaired) electrons. The van der Waals surface area contributed by atoms with Crippen molar-refractivity contribution in [2.45, 2.75) is 31.7 Å². The molecule has 0 bridgehead atoms. The van der Waals surface area contributed by atoms with Gasteiger partial charge in [0.05, 0.1) is 13.2 Å². The van der Waals surface area contributed by atoms with Crippen LogP contribution in [0.2, 0.25) is 5.15 Å². The first-order valence-corrected chi connectivity index (χ1v) is 6.31. The number of ether oxygens (including phenoxy) is 1. The molecule has 1 saturated heterocycles. The quantitative estimate of drug-likeness (QED) is 0.652. The molecule has 1 aliphatic rings. The summed E-state index contributed by atoms with van der Waals surface area (Å²) in [5.74, 6) is 6.69. The standard InChI is InChI=1S/C12H18ClN3O/c1-17-11-7-9(8-15-12(11)13)10-5-3-2-4-6-16(10)14/h7-8,10H,2-6,14H2,1H3/t10-/m1/s1. The third-order valence-corrected chi connectivity index (χ3v) is 3.51. The fourth-order valence-corrected chi connectivity index (χ4v) is 2.44. The van der Waals surface area contributed by atoms with Gasteiger partial charge in [0.2, 0.25) is 0 Å². The van der Waals surface area contributed by atoms with E-state index in [0.29, 0.717) is 10.9 Å². The van der Waals surface area contributed by atoms with Crippen molar-refractivity contribution >= 4 is 11.6 Å². The summed E-state index contributed by atoms with van der Waals surface area (Å²) in [6.45, 7) is 0.926. The number of nitrogens with zero attached hydrogens (tertiary/aromatic N) is 2. The molecule has 2 rings (SSSR count). The van der Waals surface area contributed by atoms with Crippen LogP contribution in [0, 0.1) is 0 Å². The molecule has 0 saturated carbocycles. The van der Waals surface area contributed by atoms with Crippen molar-refractivity contribution in [1.29, 1.82) is 0 Å². The van der Waals surface area contributed by atoms with Crippen molar-refractivity contribution in [1.82, 2.24) is 9.99 Å². The second-order valence-corrected chi connectivity index (χ2v) is 4.72. The van der Waals surface area contributed by atoms with E-state index < -0.39 is 0 Å². The maximum Gasteiger partial charge on any atom is 0.171 e. The van der Waals surface area contributed by atoms with E-state index in [0.717, 1.165) is 24.9 Å². The lowest BCUT2D eigenvalue weighted by molar-refractivity contribution is 0.206. The summed E-state index contributed by atoms with van der Waals surface area (Å²) in [6, 6.07) is 2.15. The minimum Gasteiger partial charge on any atom is -0.494 e. The number of hydrazine groups is 1. The normalized spacial score (nSPS) is 22.2. The maximum absolute atomic E-state index is 6.07. The van der Waals surface area contributed by atoms with Crippen LogP contribution in [-0.4, -0.2) is 23.6 Å². The van der Waals surface area contributed by atoms with Crippen molar-refractivity contribution in [3.63, 3.8) is 0 Å². The van der Waals surface area contributed by atoms with Crippen molar-refractivity contribution in [2.24, 2.45) is 5.84 Å². The molecule has 0 unspecified atom stereocenters. The molecule has 4 nitrogen and oxygen atoms in total. The molecule has 5 heteroatoms. The van der Waals surface area contributed by atoms with Gasteiger partial charge in [0, 0.05) is 12.7 Å². The largest absolute Gasteiger partial charge is 0.494 e. The highest BCUT2D eigenvalue weighted by Crippen LogP contribution is 2.31. The van der Waals surface area contributed by atoms with Gasteiger partial charge in [0.15, 0.2) is 10.9 Å². The van der Waals surface area contributed by atoms with Gasteiger partial charge in [-0.25, -0.2) is 9.99 Å². The number of methoxy groups -OCH3 is 1. The van der Waals surface area contributed by atoms with Crippen molar-refractivity contribution in [2.75, 3.05) is 13.7 Å². The Balaban J connectivity index is 2.25. The number of nitrogens with two attached hydrogens (primary N) is 1. The van der Waals surface area contributed by atoms with E-state index in [1.165, 1.54) is 12.8 Å². The number of rotatable bonds is 2. The highest BCUT2D eigenvalue weighted by Gasteiger charge is 2.21. The first-order chi connectivity index (χ1) is 8.22. The van der Waals surface area contributed by atoms with Gasteiger partial charge in [-0.05, 0) is 24.5 Å². The van der Waals surface area contributed by atoms with Crippen LogP contribution in [0.1, 0.15) is 37.3 Å². The number of pyridine rings is 1. The van der Waals surface area contributed by atoms with E-state index in [-0.39, 0.29) is 6.04 Å². The van der Waals surface area contributed by atoms with E-state index in [1.807, 2.05) is 11.1 Å². The molecule has 0 amide bonds. The SMILES string of the molecule is COc1cc([C@H]2CCCCCN2N)cnc1Cl. The predicted octanol–water partition coefficient (Wildman–Crippen LogP) is 2.53. The molecule has 1 aromatic heterocycles. The van der Waals surface area contributed by atoms with Crippen molar-refractivity contribution in [3.8, 4) is 5.75 Å². The Morgan fingerprint density at radius 3 is 3.06 bits per heavy atom. The number of aromatic nitrogens is 1. The van der Waals surface area contributed by atoms with E-state index in [4.69, 9.17) is 22.2 Å². The van der Waals surface area contributed by atoms with Crippen LogP contribution in [0.5, 0.6) is 5.75 Å². The summed E-state index contributed by atoms with van der Waals surface area (Å²) in [6.07, 6.45) is 6.44. The highest BCUT2D eigenvalue weighted by atomic mass is 35.5. The topological polar surface area (TPSA) is 51.4 Å². The molecule has 1 aromatic rings. The number of halogens is 1. The Hall–Kier alpha value is -0.840. The second-order valence-electron chi connectivity index (χ2n) is 4.36. The molecule has 0 aromatic carbocycles. The van der Waals surface area contributed by atoms with Crippen LogP contribution in [0.25, 0.3) is 0 Å². The smallest absolute Gasteiger partial charge is 0.171 e. The van der Waals surface area contributed by atoms with Crippen molar-refractivity contribution < 1.29 is 4.74 Å². The van der Waals surface area contributed by atoms with Gasteiger partial charge in [-0.3, -0.25) is 5.84 Å². The lowest BCUT2D eigenvalue weighted by atomic mass is 10.0. The lowest BCUT2D eigenvalue weighted by Gasteiger charge is -2.25. The summed E-state index contributed by atoms with van der Waals surface area (Å²) in [7, 11) is 1.60. The number of hydrogen-bond acceptors (Lipinski definition) is 4. The van der Waals surface area contributed by atoms with Gasteiger partial charge in [-0.15, -0.1) is 0 Å². The molecule has 0 spiro atoms. The van der Waals surface area contributed by atoms with E-state index >= 15 is 0 Å². The van der Waals surface area contributed by atoms with Gasteiger partial charge >= 0.3 is 0 Å². The molecule has 1 atom stereocenters. The first-order valence-electron chi connectivity index (χ1n) is 5.93. The highest BCUT2D eigenvalue weighted by molar-refractivity contribution is 6.30. The minimum absolute atomic E-state index is 0.219. The fourth-order valence-electron chi connectivity index (χ4n) is 2.26. The van der Waals surface area contributed by atoms with Gasteiger partial charge in [-0.2, -0.15) is 0 Å². The van der Waals surface area contributed by atoms with Crippen LogP contribution in [-0.2, 0) is 0 Å². The molecule has 2 N–H and O–H groups in total. The Labute approximate surface area is 107 Å². The molecule has 0 aliphatic carbocycles. The van der Waals surface area contributed by atoms with Gasteiger partial charge in [0.25, 0.3) is 0 Å². The molecular formula is C12H18ClN3O. The molecule has 17 heavy (non-hydrogen) atoms. The van der Waals surface area contributed by atoms with Crippen LogP contribution < -0.4 is 10.6 Å². The summed E-state index contributed by atoms with van der Waals surface area (Å²) in [4.78, 5) is 4.15. The minimum atomic E-state index is 0.219. The van der Waals surface area contributed by atoms with Crippen LogP contribution >= 0.6 is 11.6 Å². The molecule has 94 valence electrons. The summed E-state index contributed by atoms with van der Waals surface area (Å²) in [5, 5.41) is 2.30. The van der Waals surface area contributed by atoms with Gasteiger partial charge in [0.1, 0.15) is 0 Å². The average Bonchev–Trinajstić information content (AvgIpc) is 2.55. The van der Waals surface area contributed by atoms with Crippen LogP contribution in [0.15, 0.2) is 12.3 Å². The second kappa shape index (κ2) is 5.67. The zero-order valence-electron chi connectivity index (χ0n) is 10.0. The lowest BCUT2D eigenvalue weighted by Crippen LogP contribution is -2.35. The third kappa shape index (κ3) is 2.89. The Morgan fingerprint density at radius 2 is 2.29 bits per heavy atom. The molecule has 1 aliphatic heterocycles. The zero-order valence-corrected chi connectivity index (χ0v) is 10.8. The third-order valence-electron chi connectivity index (χ3n) is 3.23. The predicted molar refractivity (Wildman–Crippen MR) is 67.9 cm³/mol. The van der Waals surface area contributed by atoms with Crippen LogP contribution in [0.4, 0.5) is 0 Å². The summed E-state index contributed by atoms with van der Waals surface area (Å²) >= 11 is 5.92. The van der Waals surface area contributed by atoms with E-state index in [9.17, 15) is 0 Å². The molecular weight excluding hydrogens is 238 g/mol. The Kier molecular flexibility index (Phi) is 4.20. The molecule has 1 fully saturated rings. The maximum atomic E-state index is 6.07. The Bertz CT molecular complexity index is 386. The summed E-state index contributed by atoms with van der Waals surface area (Å²) in [5.41, 5.74) is 1.08. The van der Waals surface area contributed by atoms with Gasteiger partial charge in [-0.1, -0.05) is 24.4 Å². The van der Waals surface area contributed by atoms with E-state index in [2.05, 4.69) is 4.98 Å². The number of hydrogen-bond donors (Lipinski definition) is 1. The first kappa shape index (κ1) is 12.6. The fraction of sp³-hybridized carbons (Fsp3) is 0.583. The van der Waals surface area contributed by atoms with Crippen LogP contribution in [0.3, 0.4) is 0 Å². The van der Waals surface area contributed by atoms with Crippen molar-refractivity contribution in [3.05, 3.63) is 23.0 Å². The molecule has 2 heterocycles. The average molecular weight is 256 g/mol. The van der Waals surface area contributed by atoms with E-state index in [1.54, 1.807) is 13.3 Å². The Morgan fingerprint density at radius 1 is 1.47 bits per heavy atom. The van der Waals surface area contributed by atoms with Gasteiger partial charge < -0.3 is 4.74 Å². The summed E-state index contributed by atoms with van der Waals surface area (Å²) < 4.78 is 5.19. The monoisotopic (exact) mass is 255 g/mol.